The average molecular weight is 561 g/mol. The first-order valence-electron chi connectivity index (χ1n) is 13.9. The van der Waals surface area contributed by atoms with Crippen LogP contribution in [0.1, 0.15) is 56.1 Å². The van der Waals surface area contributed by atoms with Crippen LogP contribution in [-0.2, 0) is 10.2 Å². The molecule has 1 saturated heterocycles. The number of hydrogen-bond acceptors (Lipinski definition) is 6. The second kappa shape index (κ2) is 9.85. The molecule has 0 aliphatic carbocycles. The van der Waals surface area contributed by atoms with Crippen molar-refractivity contribution in [1.29, 1.82) is 0 Å². The molecule has 7 heteroatoms. The third-order valence-corrected chi connectivity index (χ3v) is 9.36. The summed E-state index contributed by atoms with van der Waals surface area (Å²) < 4.78 is 5.86. The molecule has 7 rings (SSSR count). The van der Waals surface area contributed by atoms with Crippen molar-refractivity contribution < 1.29 is 19.1 Å². The molecule has 4 heterocycles. The van der Waals surface area contributed by atoms with Crippen molar-refractivity contribution in [1.82, 2.24) is 4.90 Å². The van der Waals surface area contributed by atoms with Gasteiger partial charge >= 0.3 is 0 Å². The number of anilines is 1. The Balaban J connectivity index is 1.50. The van der Waals surface area contributed by atoms with Crippen molar-refractivity contribution in [2.75, 3.05) is 11.9 Å². The molecule has 1 N–H and O–H groups in total. The van der Waals surface area contributed by atoms with Crippen LogP contribution in [0.4, 0.5) is 5.69 Å². The lowest BCUT2D eigenvalue weighted by Gasteiger charge is -2.38. The third-order valence-electron chi connectivity index (χ3n) is 8.48. The molecule has 204 valence electrons. The van der Waals surface area contributed by atoms with E-state index in [1.807, 2.05) is 90.1 Å². The zero-order valence-electron chi connectivity index (χ0n) is 22.4. The van der Waals surface area contributed by atoms with Crippen molar-refractivity contribution >= 4 is 40.6 Å². The second-order valence-electron chi connectivity index (χ2n) is 10.7. The van der Waals surface area contributed by atoms with Crippen LogP contribution in [0.2, 0.25) is 0 Å². The van der Waals surface area contributed by atoms with E-state index in [-0.39, 0.29) is 17.5 Å². The number of ketones is 2. The first-order chi connectivity index (χ1) is 20.1. The minimum atomic E-state index is -1.34. The van der Waals surface area contributed by atoms with Gasteiger partial charge in [0.05, 0.1) is 23.4 Å². The van der Waals surface area contributed by atoms with E-state index in [4.69, 9.17) is 4.74 Å². The van der Waals surface area contributed by atoms with E-state index in [2.05, 4.69) is 5.32 Å². The van der Waals surface area contributed by atoms with Crippen LogP contribution >= 0.6 is 11.3 Å². The standard InChI is InChI=1S/C34H28N2O4S/c1-2-18-40-23-11-7-10-22(20-23)30(37)28-29(31(38)27-15-8-19-41-27)36-17-16-21-9-3-4-12-24(21)32(36)34(28)25-13-5-6-14-26(25)35-33(34)39/h3-17,19-20,28-29,32H,2,18H2,1H3,(H,35,39). The highest BCUT2D eigenvalue weighted by Crippen LogP contribution is 2.62. The molecule has 0 saturated carbocycles. The molecule has 1 aromatic heterocycles. The highest BCUT2D eigenvalue weighted by atomic mass is 32.1. The Morgan fingerprint density at radius 1 is 0.976 bits per heavy atom. The largest absolute Gasteiger partial charge is 0.494 e. The highest BCUT2D eigenvalue weighted by molar-refractivity contribution is 7.12. The molecule has 4 unspecified atom stereocenters. The maximum absolute atomic E-state index is 14.9. The molecule has 4 aromatic rings. The summed E-state index contributed by atoms with van der Waals surface area (Å²) in [4.78, 5) is 46.3. The molecule has 41 heavy (non-hydrogen) atoms. The van der Waals surface area contributed by atoms with Gasteiger partial charge in [0, 0.05) is 17.5 Å². The van der Waals surface area contributed by atoms with Crippen molar-refractivity contribution in [3.05, 3.63) is 124 Å². The predicted molar refractivity (Wildman–Crippen MR) is 159 cm³/mol. The number of thiophene rings is 1. The third kappa shape index (κ3) is 3.72. The maximum atomic E-state index is 14.9. The summed E-state index contributed by atoms with van der Waals surface area (Å²) >= 11 is 1.35. The van der Waals surface area contributed by atoms with Gasteiger partial charge in [-0.3, -0.25) is 14.4 Å². The SMILES string of the molecule is CCCOc1cccc(C(=O)C2C(C(=O)c3cccs3)N3C=Cc4ccccc4C3C23C(=O)Nc2ccccc23)c1. The van der Waals surface area contributed by atoms with Crippen molar-refractivity contribution in [3.8, 4) is 5.75 Å². The van der Waals surface area contributed by atoms with Gasteiger partial charge < -0.3 is 15.0 Å². The monoisotopic (exact) mass is 560 g/mol. The Kier molecular flexibility index (Phi) is 6.12. The summed E-state index contributed by atoms with van der Waals surface area (Å²) in [6, 6.07) is 24.8. The minimum Gasteiger partial charge on any atom is -0.494 e. The summed E-state index contributed by atoms with van der Waals surface area (Å²) in [5, 5.41) is 4.95. The van der Waals surface area contributed by atoms with Gasteiger partial charge in [-0.05, 0) is 58.8 Å². The number of amides is 1. The van der Waals surface area contributed by atoms with Gasteiger partial charge in [-0.1, -0.05) is 67.6 Å². The van der Waals surface area contributed by atoms with Crippen molar-refractivity contribution in [2.45, 2.75) is 30.8 Å². The van der Waals surface area contributed by atoms with Gasteiger partial charge in [-0.2, -0.15) is 0 Å². The second-order valence-corrected chi connectivity index (χ2v) is 11.6. The highest BCUT2D eigenvalue weighted by Gasteiger charge is 2.70. The van der Waals surface area contributed by atoms with Crippen LogP contribution in [-0.4, -0.2) is 35.0 Å². The van der Waals surface area contributed by atoms with E-state index in [9.17, 15) is 14.4 Å². The van der Waals surface area contributed by atoms with Crippen molar-refractivity contribution in [3.63, 3.8) is 0 Å². The van der Waals surface area contributed by atoms with Crippen LogP contribution in [0.5, 0.6) is 5.75 Å². The number of ether oxygens (including phenoxy) is 1. The zero-order chi connectivity index (χ0) is 28.1. The van der Waals surface area contributed by atoms with E-state index in [0.717, 1.165) is 23.1 Å². The van der Waals surface area contributed by atoms with Crippen LogP contribution in [0.25, 0.3) is 6.08 Å². The number of Topliss-reactive ketones (excluding diaryl/α,β-unsaturated/α-hetero) is 2. The fraction of sp³-hybridized carbons (Fsp3) is 0.206. The fourth-order valence-corrected chi connectivity index (χ4v) is 7.57. The first kappa shape index (κ1) is 25.5. The van der Waals surface area contributed by atoms with Gasteiger partial charge in [0.1, 0.15) is 17.2 Å². The summed E-state index contributed by atoms with van der Waals surface area (Å²) in [7, 11) is 0. The molecule has 4 atom stereocenters. The Labute approximate surface area is 242 Å². The van der Waals surface area contributed by atoms with E-state index >= 15 is 0 Å². The van der Waals surface area contributed by atoms with E-state index in [0.29, 0.717) is 28.5 Å². The molecule has 1 spiro atoms. The predicted octanol–water partition coefficient (Wildman–Crippen LogP) is 6.52. The number of fused-ring (bicyclic) bond motifs is 6. The summed E-state index contributed by atoms with van der Waals surface area (Å²) in [6.07, 6.45) is 4.70. The van der Waals surface area contributed by atoms with Gasteiger partial charge in [0.25, 0.3) is 0 Å². The number of carbonyl (C=O) groups is 3. The molecular formula is C34H28N2O4S. The Morgan fingerprint density at radius 2 is 1.80 bits per heavy atom. The lowest BCUT2D eigenvalue weighted by Crippen LogP contribution is -2.49. The van der Waals surface area contributed by atoms with E-state index in [1.165, 1.54) is 11.3 Å². The Morgan fingerprint density at radius 3 is 2.63 bits per heavy atom. The van der Waals surface area contributed by atoms with E-state index < -0.39 is 23.4 Å². The number of benzene rings is 3. The number of nitrogens with one attached hydrogen (secondary N) is 1. The fourth-order valence-electron chi connectivity index (χ4n) is 6.87. The van der Waals surface area contributed by atoms with Gasteiger partial charge in [-0.15, -0.1) is 11.3 Å². The molecule has 3 aromatic carbocycles. The van der Waals surface area contributed by atoms with Gasteiger partial charge in [-0.25, -0.2) is 0 Å². The molecular weight excluding hydrogens is 532 g/mol. The molecule has 3 aliphatic heterocycles. The molecule has 0 radical (unpaired) electrons. The van der Waals surface area contributed by atoms with Crippen LogP contribution in [0, 0.1) is 5.92 Å². The summed E-state index contributed by atoms with van der Waals surface area (Å²) in [5.41, 5.74) is 2.37. The average Bonchev–Trinajstić information content (AvgIpc) is 3.72. The Bertz CT molecular complexity index is 1710. The lowest BCUT2D eigenvalue weighted by atomic mass is 9.63. The molecule has 1 amide bonds. The Hall–Kier alpha value is -4.49. The number of nitrogens with zero attached hydrogens (tertiary/aromatic N) is 1. The van der Waals surface area contributed by atoms with Gasteiger partial charge in [0.2, 0.25) is 5.91 Å². The molecule has 0 bridgehead atoms. The summed E-state index contributed by atoms with van der Waals surface area (Å²) in [5.74, 6) is -1.10. The number of carbonyl (C=O) groups excluding carboxylic acids is 3. The minimum absolute atomic E-state index is 0.167. The quantitative estimate of drug-likeness (QED) is 0.261. The zero-order valence-corrected chi connectivity index (χ0v) is 23.3. The lowest BCUT2D eigenvalue weighted by molar-refractivity contribution is -0.122. The smallest absolute Gasteiger partial charge is 0.238 e. The van der Waals surface area contributed by atoms with Crippen LogP contribution in [0.15, 0.2) is 96.5 Å². The van der Waals surface area contributed by atoms with E-state index in [1.54, 1.807) is 24.3 Å². The molecule has 1 fully saturated rings. The maximum Gasteiger partial charge on any atom is 0.238 e. The topological polar surface area (TPSA) is 75.7 Å². The normalized spacial score (nSPS) is 23.6. The number of rotatable bonds is 7. The first-order valence-corrected chi connectivity index (χ1v) is 14.7. The summed E-state index contributed by atoms with van der Waals surface area (Å²) in [6.45, 7) is 2.55. The van der Waals surface area contributed by atoms with Crippen LogP contribution < -0.4 is 10.1 Å². The van der Waals surface area contributed by atoms with Gasteiger partial charge in [0.15, 0.2) is 11.6 Å². The number of para-hydroxylation sites is 1. The molecule has 6 nitrogen and oxygen atoms in total. The number of hydrogen-bond donors (Lipinski definition) is 1. The van der Waals surface area contributed by atoms with Crippen molar-refractivity contribution in [2.24, 2.45) is 5.92 Å². The molecule has 3 aliphatic rings. The van der Waals surface area contributed by atoms with Crippen LogP contribution in [0.3, 0.4) is 0 Å².